The van der Waals surface area contributed by atoms with E-state index in [1.807, 2.05) is 0 Å². The van der Waals surface area contributed by atoms with Gasteiger partial charge in [-0.15, -0.1) is 0 Å². The van der Waals surface area contributed by atoms with Gasteiger partial charge in [0.05, 0.1) is 0 Å². The Hall–Kier alpha value is -1.49. The summed E-state index contributed by atoms with van der Waals surface area (Å²) in [4.78, 5) is 0. The highest BCUT2D eigenvalue weighted by Gasteiger charge is 2.71. The van der Waals surface area contributed by atoms with Crippen LogP contribution in [0.15, 0.2) is 18.2 Å². The molecule has 0 fully saturated rings. The van der Waals surface area contributed by atoms with Crippen LogP contribution in [-0.2, 0) is 11.2 Å². The van der Waals surface area contributed by atoms with Crippen molar-refractivity contribution in [1.29, 1.82) is 0 Å². The maximum Gasteiger partial charge on any atom is 0.430 e. The van der Waals surface area contributed by atoms with E-state index in [2.05, 4.69) is 0 Å². The molecule has 0 amide bonds. The van der Waals surface area contributed by atoms with Crippen LogP contribution in [0, 0.1) is 6.92 Å². The molecule has 1 unspecified atom stereocenters. The van der Waals surface area contributed by atoms with E-state index in [0.29, 0.717) is 6.07 Å². The minimum absolute atomic E-state index is 0.165. The number of aryl methyl sites for hydroxylation is 1. The summed E-state index contributed by atoms with van der Waals surface area (Å²) in [5.74, 6) is 0. The molecule has 1 atom stereocenters. The van der Waals surface area contributed by atoms with Crippen molar-refractivity contribution >= 4 is 0 Å². The minimum atomic E-state index is -6.25. The molecule has 0 saturated carbocycles. The molecule has 0 saturated heterocycles. The van der Waals surface area contributed by atoms with E-state index in [-0.39, 0.29) is 19.1 Å². The van der Waals surface area contributed by atoms with Crippen LogP contribution < -0.4 is 0 Å². The molecule has 138 valence electrons. The van der Waals surface area contributed by atoms with Gasteiger partial charge in [-0.1, -0.05) is 17.7 Å². The van der Waals surface area contributed by atoms with Crippen molar-refractivity contribution in [3.8, 4) is 0 Å². The monoisotopic (exact) mass is 370 g/mol. The lowest BCUT2D eigenvalue weighted by Gasteiger charge is -2.34. The van der Waals surface area contributed by atoms with Gasteiger partial charge in [0.2, 0.25) is 0 Å². The van der Waals surface area contributed by atoms with Crippen LogP contribution in [0.25, 0.3) is 0 Å². The summed E-state index contributed by atoms with van der Waals surface area (Å²) in [6.07, 6.45) is -17.9. The molecule has 1 rings (SSSR count). The van der Waals surface area contributed by atoms with Gasteiger partial charge in [0.15, 0.2) is 5.60 Å². The van der Waals surface area contributed by atoms with Gasteiger partial charge in [0.25, 0.3) is 5.60 Å². The topological polar surface area (TPSA) is 40.5 Å². The van der Waals surface area contributed by atoms with Gasteiger partial charge in [-0.3, -0.25) is 0 Å². The first-order chi connectivity index (χ1) is 10.4. The first kappa shape index (κ1) is 20.6. The van der Waals surface area contributed by atoms with Crippen molar-refractivity contribution in [1.82, 2.24) is 0 Å². The summed E-state index contributed by atoms with van der Waals surface area (Å²) in [5.41, 5.74) is -12.7. The fourth-order valence-corrected chi connectivity index (χ4v) is 1.92. The third-order valence-corrected chi connectivity index (χ3v) is 3.43. The van der Waals surface area contributed by atoms with Gasteiger partial charge in [0.1, 0.15) is 0 Å². The summed E-state index contributed by atoms with van der Waals surface area (Å²) in [7, 11) is 0. The molecule has 0 aliphatic rings. The number of halogens is 9. The van der Waals surface area contributed by atoms with Crippen molar-refractivity contribution in [2.75, 3.05) is 0 Å². The third kappa shape index (κ3) is 3.18. The standard InChI is InChI=1S/C13H11F9O2/c1-6-3-7(9(2,23)11(14,15)16)5-8(4-6)10(24,12(17,18)19)13(20,21)22/h3-5,23-24H,1-2H3. The molecule has 0 aromatic heterocycles. The van der Waals surface area contributed by atoms with E-state index < -0.39 is 46.4 Å². The largest absolute Gasteiger partial charge is 0.430 e. The van der Waals surface area contributed by atoms with Crippen LogP contribution in [-0.4, -0.2) is 28.7 Å². The van der Waals surface area contributed by atoms with Crippen LogP contribution in [0.1, 0.15) is 23.6 Å². The molecule has 11 heteroatoms. The molecule has 1 aromatic rings. The van der Waals surface area contributed by atoms with Gasteiger partial charge in [-0.25, -0.2) is 0 Å². The molecular formula is C13H11F9O2. The van der Waals surface area contributed by atoms with Gasteiger partial charge in [-0.05, 0) is 25.5 Å². The van der Waals surface area contributed by atoms with E-state index in [0.717, 1.165) is 6.92 Å². The summed E-state index contributed by atoms with van der Waals surface area (Å²) < 4.78 is 115. The van der Waals surface area contributed by atoms with Gasteiger partial charge < -0.3 is 10.2 Å². The zero-order valence-electron chi connectivity index (χ0n) is 12.0. The van der Waals surface area contributed by atoms with Gasteiger partial charge in [-0.2, -0.15) is 39.5 Å². The van der Waals surface area contributed by atoms with Gasteiger partial charge in [0, 0.05) is 5.56 Å². The summed E-state index contributed by atoms with van der Waals surface area (Å²) >= 11 is 0. The molecule has 2 N–H and O–H groups in total. The number of hydrogen-bond acceptors (Lipinski definition) is 2. The first-order valence-electron chi connectivity index (χ1n) is 6.13. The Labute approximate surface area is 129 Å². The average molecular weight is 370 g/mol. The number of aliphatic hydroxyl groups is 2. The summed E-state index contributed by atoms with van der Waals surface area (Å²) in [5, 5.41) is 18.7. The molecule has 0 aliphatic heterocycles. The van der Waals surface area contributed by atoms with E-state index in [1.54, 1.807) is 0 Å². The molecular weight excluding hydrogens is 359 g/mol. The lowest BCUT2D eigenvalue weighted by Crippen LogP contribution is -2.54. The maximum absolute atomic E-state index is 12.8. The summed E-state index contributed by atoms with van der Waals surface area (Å²) in [6.45, 7) is 1.10. The predicted molar refractivity (Wildman–Crippen MR) is 62.8 cm³/mol. The maximum atomic E-state index is 12.8. The van der Waals surface area contributed by atoms with Crippen molar-refractivity contribution in [3.63, 3.8) is 0 Å². The Morgan fingerprint density at radius 1 is 0.667 bits per heavy atom. The normalized spacial score (nSPS) is 16.9. The van der Waals surface area contributed by atoms with E-state index in [9.17, 15) is 49.7 Å². The van der Waals surface area contributed by atoms with E-state index in [4.69, 9.17) is 0 Å². The second-order valence-electron chi connectivity index (χ2n) is 5.36. The minimum Gasteiger partial charge on any atom is -0.376 e. The third-order valence-electron chi connectivity index (χ3n) is 3.43. The number of benzene rings is 1. The molecule has 0 spiro atoms. The average Bonchev–Trinajstić information content (AvgIpc) is 2.32. The fourth-order valence-electron chi connectivity index (χ4n) is 1.92. The number of hydrogen-bond donors (Lipinski definition) is 2. The fraction of sp³-hybridized carbons (Fsp3) is 0.538. The molecule has 0 aliphatic carbocycles. The summed E-state index contributed by atoms with van der Waals surface area (Å²) in [6, 6.07) is 0.655. The smallest absolute Gasteiger partial charge is 0.376 e. The van der Waals surface area contributed by atoms with E-state index >= 15 is 0 Å². The zero-order valence-corrected chi connectivity index (χ0v) is 12.0. The Morgan fingerprint density at radius 3 is 1.38 bits per heavy atom. The predicted octanol–water partition coefficient (Wildman–Crippen LogP) is 4.08. The number of rotatable bonds is 2. The van der Waals surface area contributed by atoms with Crippen molar-refractivity contribution < 1.29 is 49.7 Å². The highest BCUT2D eigenvalue weighted by Crippen LogP contribution is 2.51. The molecule has 0 bridgehead atoms. The Kier molecular flexibility index (Phi) is 4.72. The van der Waals surface area contributed by atoms with Crippen LogP contribution in [0.3, 0.4) is 0 Å². The molecule has 0 radical (unpaired) electrons. The van der Waals surface area contributed by atoms with Gasteiger partial charge >= 0.3 is 18.5 Å². The highest BCUT2D eigenvalue weighted by atomic mass is 19.4. The highest BCUT2D eigenvalue weighted by molar-refractivity contribution is 5.38. The van der Waals surface area contributed by atoms with Crippen molar-refractivity contribution in [2.45, 2.75) is 43.6 Å². The van der Waals surface area contributed by atoms with Crippen molar-refractivity contribution in [3.05, 3.63) is 34.9 Å². The lowest BCUT2D eigenvalue weighted by atomic mass is 9.85. The second kappa shape index (κ2) is 5.51. The molecule has 24 heavy (non-hydrogen) atoms. The van der Waals surface area contributed by atoms with Crippen LogP contribution >= 0.6 is 0 Å². The van der Waals surface area contributed by atoms with Crippen molar-refractivity contribution in [2.24, 2.45) is 0 Å². The second-order valence-corrected chi connectivity index (χ2v) is 5.36. The van der Waals surface area contributed by atoms with Crippen LogP contribution in [0.2, 0.25) is 0 Å². The van der Waals surface area contributed by atoms with Crippen LogP contribution in [0.4, 0.5) is 39.5 Å². The lowest BCUT2D eigenvalue weighted by molar-refractivity contribution is -0.376. The SMILES string of the molecule is Cc1cc(C(C)(O)C(F)(F)F)cc(C(O)(C(F)(F)F)C(F)(F)F)c1. The van der Waals surface area contributed by atoms with Crippen LogP contribution in [0.5, 0.6) is 0 Å². The molecule has 0 heterocycles. The Bertz CT molecular complexity index is 597. The number of alkyl halides is 9. The Balaban J connectivity index is 3.74. The molecule has 1 aromatic carbocycles. The quantitative estimate of drug-likeness (QED) is 0.771. The zero-order chi connectivity index (χ0) is 19.4. The Morgan fingerprint density at radius 2 is 1.04 bits per heavy atom. The van der Waals surface area contributed by atoms with E-state index in [1.165, 1.54) is 0 Å². The first-order valence-corrected chi connectivity index (χ1v) is 6.13. The molecule has 2 nitrogen and oxygen atoms in total.